The van der Waals surface area contributed by atoms with Gasteiger partial charge in [0.05, 0.1) is 0 Å². The van der Waals surface area contributed by atoms with Gasteiger partial charge in [-0.25, -0.2) is 0 Å². The fourth-order valence-electron chi connectivity index (χ4n) is 3.17. The molecule has 3 N–H and O–H groups in total. The Labute approximate surface area is 118 Å². The molecule has 0 bridgehead atoms. The largest absolute Gasteiger partial charge is 0.356 e. The van der Waals surface area contributed by atoms with E-state index in [2.05, 4.69) is 33.0 Å². The van der Waals surface area contributed by atoms with E-state index in [-0.39, 0.29) is 17.4 Å². The fraction of sp³-hybridized carbons (Fsp3) is 0.938. The molecule has 0 aromatic rings. The van der Waals surface area contributed by atoms with Gasteiger partial charge in [0.15, 0.2) is 0 Å². The number of carbonyl (C=O) groups is 1. The van der Waals surface area contributed by atoms with Crippen molar-refractivity contribution in [1.29, 1.82) is 0 Å². The highest BCUT2D eigenvalue weighted by Crippen LogP contribution is 2.28. The molecule has 1 saturated carbocycles. The van der Waals surface area contributed by atoms with Crippen LogP contribution < -0.4 is 11.1 Å². The summed E-state index contributed by atoms with van der Waals surface area (Å²) in [6.07, 6.45) is 6.53. The molecular weight excluding hydrogens is 236 g/mol. The highest BCUT2D eigenvalue weighted by Gasteiger charge is 2.21. The van der Waals surface area contributed by atoms with E-state index in [9.17, 15) is 4.79 Å². The number of hydrogen-bond acceptors (Lipinski definition) is 2. The summed E-state index contributed by atoms with van der Waals surface area (Å²) in [6.45, 7) is 9.63. The zero-order chi connectivity index (χ0) is 14.5. The maximum atomic E-state index is 11.9. The lowest BCUT2D eigenvalue weighted by Gasteiger charge is -2.27. The molecule has 0 radical (unpaired) electrons. The number of nitrogens with two attached hydrogens (primary N) is 1. The Morgan fingerprint density at radius 1 is 1.37 bits per heavy atom. The van der Waals surface area contributed by atoms with Gasteiger partial charge in [-0.3, -0.25) is 4.79 Å². The van der Waals surface area contributed by atoms with Gasteiger partial charge in [0.1, 0.15) is 0 Å². The minimum absolute atomic E-state index is 0.0229. The average molecular weight is 268 g/mol. The Hall–Kier alpha value is -0.570. The number of rotatable bonds is 5. The van der Waals surface area contributed by atoms with Crippen LogP contribution in [0.1, 0.15) is 66.2 Å². The van der Waals surface area contributed by atoms with Gasteiger partial charge in [-0.2, -0.15) is 0 Å². The molecule has 0 saturated heterocycles. The quantitative estimate of drug-likeness (QED) is 0.805. The van der Waals surface area contributed by atoms with Gasteiger partial charge in [-0.15, -0.1) is 0 Å². The number of nitrogens with one attached hydrogen (secondary N) is 1. The molecule has 3 atom stereocenters. The monoisotopic (exact) mass is 268 g/mol. The first-order valence-corrected chi connectivity index (χ1v) is 7.78. The maximum absolute atomic E-state index is 11.9. The Kier molecular flexibility index (Phi) is 6.31. The van der Waals surface area contributed by atoms with Gasteiger partial charge >= 0.3 is 0 Å². The van der Waals surface area contributed by atoms with Gasteiger partial charge in [0.25, 0.3) is 0 Å². The van der Waals surface area contributed by atoms with Crippen molar-refractivity contribution in [3.8, 4) is 0 Å². The summed E-state index contributed by atoms with van der Waals surface area (Å²) >= 11 is 0. The Balaban J connectivity index is 2.20. The van der Waals surface area contributed by atoms with Gasteiger partial charge in [0.2, 0.25) is 5.91 Å². The van der Waals surface area contributed by atoms with Crippen LogP contribution in [0.25, 0.3) is 0 Å². The number of carbonyl (C=O) groups excluding carboxylic acids is 1. The van der Waals surface area contributed by atoms with Crippen molar-refractivity contribution in [2.24, 2.45) is 23.0 Å². The molecule has 0 spiro atoms. The van der Waals surface area contributed by atoms with E-state index in [1.54, 1.807) is 0 Å². The molecule has 3 heteroatoms. The molecule has 112 valence electrons. The molecule has 0 aromatic carbocycles. The van der Waals surface area contributed by atoms with Gasteiger partial charge in [0, 0.05) is 19.0 Å². The zero-order valence-electron chi connectivity index (χ0n) is 13.2. The summed E-state index contributed by atoms with van der Waals surface area (Å²) in [5.74, 6) is 1.61. The average Bonchev–Trinajstić information content (AvgIpc) is 2.23. The van der Waals surface area contributed by atoms with Crippen molar-refractivity contribution in [3.63, 3.8) is 0 Å². The highest BCUT2D eigenvalue weighted by atomic mass is 16.1. The van der Waals surface area contributed by atoms with Crippen LogP contribution in [0.5, 0.6) is 0 Å². The first-order valence-electron chi connectivity index (χ1n) is 7.78. The van der Waals surface area contributed by atoms with Crippen LogP contribution in [0.4, 0.5) is 0 Å². The summed E-state index contributed by atoms with van der Waals surface area (Å²) in [4.78, 5) is 11.9. The molecule has 0 aliphatic heterocycles. The molecule has 1 rings (SSSR count). The van der Waals surface area contributed by atoms with Crippen LogP contribution in [-0.4, -0.2) is 18.5 Å². The number of amides is 1. The second kappa shape index (κ2) is 7.28. The van der Waals surface area contributed by atoms with Crippen molar-refractivity contribution < 1.29 is 4.79 Å². The summed E-state index contributed by atoms with van der Waals surface area (Å²) in [5, 5.41) is 3.07. The van der Waals surface area contributed by atoms with E-state index in [0.717, 1.165) is 18.9 Å². The van der Waals surface area contributed by atoms with Crippen LogP contribution in [0.15, 0.2) is 0 Å². The summed E-state index contributed by atoms with van der Waals surface area (Å²) in [7, 11) is 0. The van der Waals surface area contributed by atoms with Crippen LogP contribution in [0, 0.1) is 17.3 Å². The minimum Gasteiger partial charge on any atom is -0.356 e. The molecule has 1 aliphatic rings. The predicted octanol–water partition coefficient (Wildman–Crippen LogP) is 3.08. The van der Waals surface area contributed by atoms with Crippen molar-refractivity contribution in [3.05, 3.63) is 0 Å². The molecule has 19 heavy (non-hydrogen) atoms. The summed E-state index contributed by atoms with van der Waals surface area (Å²) in [5.41, 5.74) is 6.22. The van der Waals surface area contributed by atoms with Gasteiger partial charge in [-0.05, 0) is 36.5 Å². The molecule has 1 aliphatic carbocycles. The van der Waals surface area contributed by atoms with Crippen LogP contribution in [0.3, 0.4) is 0 Å². The standard InChI is InChI=1S/C16H32N2O/c1-12-6-5-7-13(8-12)11-18-15(19)9-14(17)10-16(2,3)4/h12-14H,5-11,17H2,1-4H3,(H,18,19). The molecule has 0 heterocycles. The summed E-state index contributed by atoms with van der Waals surface area (Å²) < 4.78 is 0. The normalized spacial score (nSPS) is 25.9. The smallest absolute Gasteiger partial charge is 0.221 e. The fourth-order valence-corrected chi connectivity index (χ4v) is 3.17. The van der Waals surface area contributed by atoms with Crippen molar-refractivity contribution >= 4 is 5.91 Å². The zero-order valence-corrected chi connectivity index (χ0v) is 13.2. The molecular formula is C16H32N2O. The first kappa shape index (κ1) is 16.5. The van der Waals surface area contributed by atoms with E-state index in [1.807, 2.05) is 0 Å². The lowest BCUT2D eigenvalue weighted by Crippen LogP contribution is -2.36. The predicted molar refractivity (Wildman–Crippen MR) is 80.8 cm³/mol. The number of hydrogen-bond donors (Lipinski definition) is 2. The molecule has 0 aromatic heterocycles. The third-order valence-corrected chi connectivity index (χ3v) is 3.96. The minimum atomic E-state index is -0.0229. The van der Waals surface area contributed by atoms with Crippen LogP contribution in [-0.2, 0) is 4.79 Å². The van der Waals surface area contributed by atoms with Crippen molar-refractivity contribution in [1.82, 2.24) is 5.32 Å². The van der Waals surface area contributed by atoms with Crippen molar-refractivity contribution in [2.75, 3.05) is 6.54 Å². The third-order valence-electron chi connectivity index (χ3n) is 3.96. The van der Waals surface area contributed by atoms with Crippen molar-refractivity contribution in [2.45, 2.75) is 72.3 Å². The second-order valence-corrected chi connectivity index (χ2v) is 7.67. The Bertz CT molecular complexity index is 283. The second-order valence-electron chi connectivity index (χ2n) is 7.67. The highest BCUT2D eigenvalue weighted by molar-refractivity contribution is 5.76. The van der Waals surface area contributed by atoms with E-state index in [0.29, 0.717) is 12.3 Å². The molecule has 3 nitrogen and oxygen atoms in total. The topological polar surface area (TPSA) is 55.1 Å². The Morgan fingerprint density at radius 2 is 2.05 bits per heavy atom. The summed E-state index contributed by atoms with van der Waals surface area (Å²) in [6, 6.07) is -0.0229. The third kappa shape index (κ3) is 7.56. The molecule has 1 fully saturated rings. The lowest BCUT2D eigenvalue weighted by atomic mass is 9.82. The van der Waals surface area contributed by atoms with Crippen LogP contribution in [0.2, 0.25) is 0 Å². The lowest BCUT2D eigenvalue weighted by molar-refractivity contribution is -0.121. The first-order chi connectivity index (χ1) is 8.76. The molecule has 1 amide bonds. The van der Waals surface area contributed by atoms with E-state index < -0.39 is 0 Å². The maximum Gasteiger partial charge on any atom is 0.221 e. The van der Waals surface area contributed by atoms with E-state index in [4.69, 9.17) is 5.73 Å². The Morgan fingerprint density at radius 3 is 2.63 bits per heavy atom. The van der Waals surface area contributed by atoms with E-state index in [1.165, 1.54) is 25.7 Å². The van der Waals surface area contributed by atoms with E-state index >= 15 is 0 Å². The van der Waals surface area contributed by atoms with Gasteiger partial charge in [-0.1, -0.05) is 40.5 Å². The van der Waals surface area contributed by atoms with Crippen LogP contribution >= 0.6 is 0 Å². The molecule has 3 unspecified atom stereocenters. The SMILES string of the molecule is CC1CCCC(CNC(=O)CC(N)CC(C)(C)C)C1. The van der Waals surface area contributed by atoms with Gasteiger partial charge < -0.3 is 11.1 Å².